The molecule has 0 saturated heterocycles. The molecule has 0 radical (unpaired) electrons. The molecule has 0 amide bonds. The van der Waals surface area contributed by atoms with Crippen LogP contribution in [0.25, 0.3) is 11.2 Å². The minimum absolute atomic E-state index is 0.0272. The summed E-state index contributed by atoms with van der Waals surface area (Å²) in [5.41, 5.74) is 4.04. The molecule has 3 aromatic rings. The number of rotatable bonds is 4. The van der Waals surface area contributed by atoms with Crippen LogP contribution in [0.5, 0.6) is 0 Å². The molecule has 0 unspecified atom stereocenters. The van der Waals surface area contributed by atoms with Crippen molar-refractivity contribution >= 4 is 34.7 Å². The van der Waals surface area contributed by atoms with E-state index in [0.29, 0.717) is 0 Å². The number of hydrogen-bond donors (Lipinski definition) is 3. The number of halogens is 2. The topological polar surface area (TPSA) is 135 Å². The first-order valence-electron chi connectivity index (χ1n) is 6.73. The number of anilines is 1. The molecule has 128 valence electrons. The third-order valence-corrected chi connectivity index (χ3v) is 4.05. The summed E-state index contributed by atoms with van der Waals surface area (Å²) in [5.74, 6) is -3.57. The first-order valence-corrected chi connectivity index (χ1v) is 7.72. The van der Waals surface area contributed by atoms with Gasteiger partial charge in [0.25, 0.3) is 5.56 Å². The Kier molecular flexibility index (Phi) is 4.31. The molecule has 25 heavy (non-hydrogen) atoms. The van der Waals surface area contributed by atoms with E-state index in [1.54, 1.807) is 0 Å². The van der Waals surface area contributed by atoms with Crippen LogP contribution in [0.3, 0.4) is 0 Å². The van der Waals surface area contributed by atoms with E-state index in [2.05, 4.69) is 19.9 Å². The molecule has 0 aliphatic heterocycles. The quantitative estimate of drug-likeness (QED) is 0.468. The smallest absolute Gasteiger partial charge is 0.360 e. The van der Waals surface area contributed by atoms with Crippen LogP contribution in [0.2, 0.25) is 0 Å². The zero-order chi connectivity index (χ0) is 18.1. The van der Waals surface area contributed by atoms with Crippen molar-refractivity contribution in [1.82, 2.24) is 19.9 Å². The monoisotopic (exact) mass is 365 g/mol. The fourth-order valence-corrected chi connectivity index (χ4v) is 2.82. The fraction of sp³-hybridized carbons (Fsp3) is 0.0714. The lowest BCUT2D eigenvalue weighted by molar-refractivity contribution is 0.0689. The van der Waals surface area contributed by atoms with Gasteiger partial charge in [0.2, 0.25) is 5.69 Å². The molecule has 0 fully saturated rings. The molecular weight excluding hydrogens is 356 g/mol. The summed E-state index contributed by atoms with van der Waals surface area (Å²) < 4.78 is 26.8. The van der Waals surface area contributed by atoms with Crippen molar-refractivity contribution in [1.29, 1.82) is 0 Å². The second-order valence-electron chi connectivity index (χ2n) is 4.81. The van der Waals surface area contributed by atoms with Gasteiger partial charge in [-0.25, -0.2) is 28.5 Å². The van der Waals surface area contributed by atoms with E-state index >= 15 is 0 Å². The summed E-state index contributed by atoms with van der Waals surface area (Å²) in [6.07, 6.45) is 0. The molecule has 0 aliphatic carbocycles. The first-order chi connectivity index (χ1) is 11.9. The molecule has 8 nitrogen and oxygen atoms in total. The van der Waals surface area contributed by atoms with Crippen molar-refractivity contribution < 1.29 is 18.7 Å². The lowest BCUT2D eigenvalue weighted by Gasteiger charge is -2.06. The van der Waals surface area contributed by atoms with Crippen molar-refractivity contribution in [2.24, 2.45) is 0 Å². The van der Waals surface area contributed by atoms with Crippen molar-refractivity contribution in [2.45, 2.75) is 10.9 Å². The van der Waals surface area contributed by atoms with Crippen LogP contribution in [0.15, 0.2) is 28.2 Å². The summed E-state index contributed by atoms with van der Waals surface area (Å²) in [6.45, 7) is 0. The molecule has 0 bridgehead atoms. The Hall–Kier alpha value is -3.08. The minimum Gasteiger partial charge on any atom is -0.476 e. The van der Waals surface area contributed by atoms with Crippen LogP contribution < -0.4 is 11.3 Å². The second-order valence-corrected chi connectivity index (χ2v) is 5.75. The molecule has 3 rings (SSSR count). The summed E-state index contributed by atoms with van der Waals surface area (Å²) in [7, 11) is 0. The number of aromatic amines is 1. The number of aromatic carboxylic acids is 1. The number of thioether (sulfide) groups is 1. The Balaban J connectivity index is 1.95. The SMILES string of the molecule is Nc1nc(SCc2cccc(F)c2F)nc2[nH]c(=O)c(C(=O)O)nc12. The number of carbonyl (C=O) groups is 1. The summed E-state index contributed by atoms with van der Waals surface area (Å²) >= 11 is 0.967. The maximum Gasteiger partial charge on any atom is 0.360 e. The van der Waals surface area contributed by atoms with E-state index in [1.807, 2.05) is 0 Å². The number of nitrogens with zero attached hydrogens (tertiary/aromatic N) is 3. The third kappa shape index (κ3) is 3.26. The van der Waals surface area contributed by atoms with Crippen molar-refractivity contribution in [3.05, 3.63) is 51.4 Å². The maximum atomic E-state index is 13.6. The number of aromatic nitrogens is 4. The van der Waals surface area contributed by atoms with Gasteiger partial charge in [-0.15, -0.1) is 0 Å². The van der Waals surface area contributed by atoms with Gasteiger partial charge in [0, 0.05) is 11.3 Å². The number of nitrogens with two attached hydrogens (primary N) is 1. The number of carboxylic acids is 1. The van der Waals surface area contributed by atoms with Gasteiger partial charge in [-0.2, -0.15) is 0 Å². The number of nitrogens with one attached hydrogen (secondary N) is 1. The van der Waals surface area contributed by atoms with Crippen LogP contribution in [0.4, 0.5) is 14.6 Å². The number of carboxylic acid groups (broad SMARTS) is 1. The van der Waals surface area contributed by atoms with E-state index in [9.17, 15) is 18.4 Å². The fourth-order valence-electron chi connectivity index (χ4n) is 1.99. The highest BCUT2D eigenvalue weighted by Crippen LogP contribution is 2.24. The van der Waals surface area contributed by atoms with Crippen LogP contribution in [0.1, 0.15) is 16.1 Å². The molecule has 4 N–H and O–H groups in total. The van der Waals surface area contributed by atoms with Crippen molar-refractivity contribution in [3.63, 3.8) is 0 Å². The Labute approximate surface area is 142 Å². The van der Waals surface area contributed by atoms with Crippen LogP contribution in [0, 0.1) is 11.6 Å². The second kappa shape index (κ2) is 6.43. The molecule has 0 saturated carbocycles. The normalized spacial score (nSPS) is 11.0. The van der Waals surface area contributed by atoms with Crippen LogP contribution in [-0.4, -0.2) is 31.0 Å². The van der Waals surface area contributed by atoms with E-state index in [1.165, 1.54) is 12.1 Å². The number of fused-ring (bicyclic) bond motifs is 1. The zero-order valence-corrected chi connectivity index (χ0v) is 13.1. The van der Waals surface area contributed by atoms with Gasteiger partial charge in [-0.1, -0.05) is 23.9 Å². The molecule has 0 aliphatic rings. The summed E-state index contributed by atoms with van der Waals surface area (Å²) in [5, 5.41) is 8.99. The van der Waals surface area contributed by atoms with Crippen molar-refractivity contribution in [2.75, 3.05) is 5.73 Å². The van der Waals surface area contributed by atoms with Crippen LogP contribution >= 0.6 is 11.8 Å². The minimum atomic E-state index is -1.51. The predicted octanol–water partition coefficient (Wildman–Crippen LogP) is 1.56. The van der Waals surface area contributed by atoms with Gasteiger partial charge in [-0.3, -0.25) is 4.79 Å². The zero-order valence-electron chi connectivity index (χ0n) is 12.3. The number of hydrogen-bond acceptors (Lipinski definition) is 7. The highest BCUT2D eigenvalue weighted by atomic mass is 32.2. The average Bonchev–Trinajstić information content (AvgIpc) is 2.55. The number of H-pyrrole nitrogens is 1. The van der Waals surface area contributed by atoms with E-state index in [4.69, 9.17) is 10.8 Å². The van der Waals surface area contributed by atoms with Crippen LogP contribution in [-0.2, 0) is 5.75 Å². The predicted molar refractivity (Wildman–Crippen MR) is 85.2 cm³/mol. The lowest BCUT2D eigenvalue weighted by Crippen LogP contribution is -2.21. The average molecular weight is 365 g/mol. The van der Waals surface area contributed by atoms with E-state index in [0.717, 1.165) is 17.8 Å². The highest BCUT2D eigenvalue weighted by Gasteiger charge is 2.16. The largest absolute Gasteiger partial charge is 0.476 e. The van der Waals surface area contributed by atoms with E-state index in [-0.39, 0.29) is 33.5 Å². The molecule has 0 spiro atoms. The molecule has 0 atom stereocenters. The van der Waals surface area contributed by atoms with Gasteiger partial charge in [0.1, 0.15) is 5.52 Å². The third-order valence-electron chi connectivity index (χ3n) is 3.15. The number of nitrogen functional groups attached to an aromatic ring is 1. The molecular formula is C14H9F2N5O3S. The Bertz CT molecular complexity index is 1060. The summed E-state index contributed by atoms with van der Waals surface area (Å²) in [4.78, 5) is 36.4. The molecule has 1 aromatic carbocycles. The van der Waals surface area contributed by atoms with Gasteiger partial charge < -0.3 is 15.8 Å². The van der Waals surface area contributed by atoms with Crippen molar-refractivity contribution in [3.8, 4) is 0 Å². The van der Waals surface area contributed by atoms with Gasteiger partial charge in [-0.05, 0) is 6.07 Å². The molecule has 2 heterocycles. The lowest BCUT2D eigenvalue weighted by atomic mass is 10.2. The van der Waals surface area contributed by atoms with Gasteiger partial charge >= 0.3 is 5.97 Å². The summed E-state index contributed by atoms with van der Waals surface area (Å²) in [6, 6.07) is 3.79. The van der Waals surface area contributed by atoms with Gasteiger partial charge in [0.15, 0.2) is 28.3 Å². The maximum absolute atomic E-state index is 13.6. The van der Waals surface area contributed by atoms with E-state index < -0.39 is 28.9 Å². The Morgan fingerprint density at radius 3 is 2.76 bits per heavy atom. The Morgan fingerprint density at radius 1 is 1.28 bits per heavy atom. The molecule has 2 aromatic heterocycles. The first kappa shape index (κ1) is 16.8. The number of benzene rings is 1. The molecule has 11 heteroatoms. The standard InChI is InChI=1S/C14H9F2N5O3S/c15-6-3-1-2-5(7(6)16)4-25-14-19-10(17)8-11(21-14)20-12(22)9(18-8)13(23)24/h1-3H,4H2,(H,23,24)(H3,17,19,20,21,22). The Morgan fingerprint density at radius 2 is 2.04 bits per heavy atom. The van der Waals surface area contributed by atoms with Gasteiger partial charge in [0.05, 0.1) is 0 Å². The highest BCUT2D eigenvalue weighted by molar-refractivity contribution is 7.98.